The topological polar surface area (TPSA) is 32.7 Å². The summed E-state index contributed by atoms with van der Waals surface area (Å²) >= 11 is 0. The number of nitrogens with zero attached hydrogens (tertiary/aromatic N) is 1. The molecule has 0 amide bonds. The number of hydrogen-bond acceptors (Lipinski definition) is 3. The summed E-state index contributed by atoms with van der Waals surface area (Å²) in [4.78, 5) is 2.31. The zero-order valence-corrected chi connectivity index (χ0v) is 13.3. The largest absolute Gasteiger partial charge is 0.493 e. The fourth-order valence-corrected chi connectivity index (χ4v) is 2.29. The van der Waals surface area contributed by atoms with E-state index in [0.29, 0.717) is 19.1 Å². The lowest BCUT2D eigenvalue weighted by atomic mass is 10.1. The van der Waals surface area contributed by atoms with Gasteiger partial charge in [0.1, 0.15) is 5.75 Å². The third-order valence-electron chi connectivity index (χ3n) is 3.72. The Bertz CT molecular complexity index is 381. The molecule has 0 aliphatic rings. The first-order valence-electron chi connectivity index (χ1n) is 7.74. The highest BCUT2D eigenvalue weighted by atomic mass is 16.5. The molecule has 1 aromatic rings. The van der Waals surface area contributed by atoms with Gasteiger partial charge in [0.05, 0.1) is 12.7 Å². The van der Waals surface area contributed by atoms with Crippen LogP contribution in [0.4, 0.5) is 0 Å². The SMILES string of the molecule is CCOc1ccccc1C(O)CN(CC)CC(C)CC. The van der Waals surface area contributed by atoms with Crippen LogP contribution in [0, 0.1) is 5.92 Å². The second-order valence-electron chi connectivity index (χ2n) is 5.35. The number of hydrogen-bond donors (Lipinski definition) is 1. The van der Waals surface area contributed by atoms with Crippen molar-refractivity contribution in [3.63, 3.8) is 0 Å². The molecule has 0 saturated carbocycles. The molecular weight excluding hydrogens is 250 g/mol. The van der Waals surface area contributed by atoms with E-state index in [0.717, 1.165) is 24.4 Å². The predicted octanol–water partition coefficient (Wildman–Crippen LogP) is 3.49. The fourth-order valence-electron chi connectivity index (χ4n) is 2.29. The molecule has 0 aliphatic carbocycles. The van der Waals surface area contributed by atoms with E-state index in [1.54, 1.807) is 0 Å². The summed E-state index contributed by atoms with van der Waals surface area (Å²) in [5, 5.41) is 10.5. The van der Waals surface area contributed by atoms with Crippen molar-refractivity contribution >= 4 is 0 Å². The van der Waals surface area contributed by atoms with Crippen LogP contribution in [0.2, 0.25) is 0 Å². The molecule has 0 spiro atoms. The smallest absolute Gasteiger partial charge is 0.125 e. The highest BCUT2D eigenvalue weighted by Gasteiger charge is 2.17. The van der Waals surface area contributed by atoms with Crippen LogP contribution >= 0.6 is 0 Å². The fraction of sp³-hybridized carbons (Fsp3) is 0.647. The normalized spacial score (nSPS) is 14.3. The first-order chi connectivity index (χ1) is 9.62. The molecule has 20 heavy (non-hydrogen) atoms. The third kappa shape index (κ3) is 5.14. The molecule has 2 unspecified atom stereocenters. The molecule has 1 rings (SSSR count). The summed E-state index contributed by atoms with van der Waals surface area (Å²) in [6.07, 6.45) is 0.670. The number of benzene rings is 1. The molecule has 0 aromatic heterocycles. The van der Waals surface area contributed by atoms with Crippen LogP contribution in [-0.2, 0) is 0 Å². The lowest BCUT2D eigenvalue weighted by Crippen LogP contribution is -2.32. The van der Waals surface area contributed by atoms with Gasteiger partial charge in [0, 0.05) is 18.7 Å². The van der Waals surface area contributed by atoms with E-state index >= 15 is 0 Å². The average Bonchev–Trinajstić information content (AvgIpc) is 2.47. The monoisotopic (exact) mass is 279 g/mol. The molecule has 1 aromatic carbocycles. The van der Waals surface area contributed by atoms with Gasteiger partial charge in [-0.25, -0.2) is 0 Å². The highest BCUT2D eigenvalue weighted by Crippen LogP contribution is 2.26. The number of likely N-dealkylation sites (N-methyl/N-ethyl adjacent to an activating group) is 1. The van der Waals surface area contributed by atoms with Gasteiger partial charge in [0.15, 0.2) is 0 Å². The number of rotatable bonds is 9. The first-order valence-corrected chi connectivity index (χ1v) is 7.74. The van der Waals surface area contributed by atoms with Crippen LogP contribution in [0.1, 0.15) is 45.8 Å². The molecule has 1 N–H and O–H groups in total. The molecule has 0 bridgehead atoms. The van der Waals surface area contributed by atoms with Crippen LogP contribution in [-0.4, -0.2) is 36.2 Å². The standard InChI is InChI=1S/C17H29NO2/c1-5-14(4)12-18(6-2)13-16(19)15-10-8-9-11-17(15)20-7-3/h8-11,14,16,19H,5-7,12-13H2,1-4H3. The minimum Gasteiger partial charge on any atom is -0.493 e. The van der Waals surface area contributed by atoms with Crippen LogP contribution in [0.25, 0.3) is 0 Å². The maximum absolute atomic E-state index is 10.5. The van der Waals surface area contributed by atoms with Crippen molar-refractivity contribution in [2.24, 2.45) is 5.92 Å². The Hall–Kier alpha value is -1.06. The van der Waals surface area contributed by atoms with E-state index in [4.69, 9.17) is 4.74 Å². The Balaban J connectivity index is 2.71. The maximum Gasteiger partial charge on any atom is 0.125 e. The lowest BCUT2D eigenvalue weighted by molar-refractivity contribution is 0.104. The van der Waals surface area contributed by atoms with E-state index in [9.17, 15) is 5.11 Å². The predicted molar refractivity (Wildman–Crippen MR) is 84.1 cm³/mol. The molecule has 3 heteroatoms. The van der Waals surface area contributed by atoms with E-state index in [1.807, 2.05) is 31.2 Å². The van der Waals surface area contributed by atoms with E-state index in [1.165, 1.54) is 6.42 Å². The van der Waals surface area contributed by atoms with Gasteiger partial charge in [-0.1, -0.05) is 45.4 Å². The minimum absolute atomic E-state index is 0.498. The van der Waals surface area contributed by atoms with Crippen molar-refractivity contribution < 1.29 is 9.84 Å². The van der Waals surface area contributed by atoms with Crippen molar-refractivity contribution in [3.8, 4) is 5.75 Å². The molecular formula is C17H29NO2. The second-order valence-corrected chi connectivity index (χ2v) is 5.35. The number of ether oxygens (including phenoxy) is 1. The molecule has 0 heterocycles. The summed E-state index contributed by atoms with van der Waals surface area (Å²) in [5.74, 6) is 1.45. The number of aliphatic hydroxyl groups is 1. The van der Waals surface area contributed by atoms with Crippen LogP contribution in [0.15, 0.2) is 24.3 Å². The van der Waals surface area contributed by atoms with E-state index in [2.05, 4.69) is 25.7 Å². The second kappa shape index (κ2) is 8.98. The molecule has 3 nitrogen and oxygen atoms in total. The summed E-state index contributed by atoms with van der Waals surface area (Å²) in [5.41, 5.74) is 0.886. The minimum atomic E-state index is -0.498. The summed E-state index contributed by atoms with van der Waals surface area (Å²) in [6.45, 7) is 11.8. The van der Waals surface area contributed by atoms with Crippen LogP contribution < -0.4 is 4.74 Å². The molecule has 0 radical (unpaired) electrons. The number of aliphatic hydroxyl groups excluding tert-OH is 1. The van der Waals surface area contributed by atoms with Gasteiger partial charge in [-0.05, 0) is 25.5 Å². The highest BCUT2D eigenvalue weighted by molar-refractivity contribution is 5.35. The van der Waals surface area contributed by atoms with Gasteiger partial charge < -0.3 is 14.7 Å². The average molecular weight is 279 g/mol. The van der Waals surface area contributed by atoms with Crippen molar-refractivity contribution in [3.05, 3.63) is 29.8 Å². The summed E-state index contributed by atoms with van der Waals surface area (Å²) in [7, 11) is 0. The third-order valence-corrected chi connectivity index (χ3v) is 3.72. The summed E-state index contributed by atoms with van der Waals surface area (Å²) in [6, 6.07) is 7.77. The Morgan fingerprint density at radius 3 is 2.45 bits per heavy atom. The van der Waals surface area contributed by atoms with E-state index < -0.39 is 6.10 Å². The summed E-state index contributed by atoms with van der Waals surface area (Å²) < 4.78 is 5.60. The maximum atomic E-state index is 10.5. The zero-order valence-electron chi connectivity index (χ0n) is 13.3. The van der Waals surface area contributed by atoms with Gasteiger partial charge >= 0.3 is 0 Å². The first kappa shape index (κ1) is 17.0. The Morgan fingerprint density at radius 2 is 1.85 bits per heavy atom. The van der Waals surface area contributed by atoms with E-state index in [-0.39, 0.29) is 0 Å². The molecule has 0 saturated heterocycles. The van der Waals surface area contributed by atoms with Gasteiger partial charge in [-0.2, -0.15) is 0 Å². The van der Waals surface area contributed by atoms with Crippen LogP contribution in [0.5, 0.6) is 5.75 Å². The molecule has 114 valence electrons. The molecule has 0 aliphatic heterocycles. The molecule has 0 fully saturated rings. The van der Waals surface area contributed by atoms with Crippen molar-refractivity contribution in [1.82, 2.24) is 4.90 Å². The lowest BCUT2D eigenvalue weighted by Gasteiger charge is -2.27. The van der Waals surface area contributed by atoms with Gasteiger partial charge in [0.2, 0.25) is 0 Å². The van der Waals surface area contributed by atoms with Gasteiger partial charge in [-0.15, -0.1) is 0 Å². The van der Waals surface area contributed by atoms with Gasteiger partial charge in [0.25, 0.3) is 0 Å². The Labute approximate surface area is 123 Å². The van der Waals surface area contributed by atoms with Crippen molar-refractivity contribution in [2.45, 2.75) is 40.2 Å². The van der Waals surface area contributed by atoms with Gasteiger partial charge in [-0.3, -0.25) is 0 Å². The Morgan fingerprint density at radius 1 is 1.15 bits per heavy atom. The Kier molecular flexibility index (Phi) is 7.63. The number of para-hydroxylation sites is 1. The quantitative estimate of drug-likeness (QED) is 0.751. The zero-order chi connectivity index (χ0) is 15.0. The van der Waals surface area contributed by atoms with Crippen molar-refractivity contribution in [2.75, 3.05) is 26.2 Å². The van der Waals surface area contributed by atoms with Crippen molar-refractivity contribution in [1.29, 1.82) is 0 Å². The molecule has 2 atom stereocenters. The van der Waals surface area contributed by atoms with Crippen LogP contribution in [0.3, 0.4) is 0 Å².